The van der Waals surface area contributed by atoms with Gasteiger partial charge in [-0.2, -0.15) is 5.26 Å². The van der Waals surface area contributed by atoms with E-state index in [1.807, 2.05) is 0 Å². The average Bonchev–Trinajstić information content (AvgIpc) is 2.83. The van der Waals surface area contributed by atoms with Crippen molar-refractivity contribution in [1.29, 1.82) is 5.26 Å². The van der Waals surface area contributed by atoms with Gasteiger partial charge in [-0.05, 0) is 74.0 Å². The minimum atomic E-state index is -0.0892. The summed E-state index contributed by atoms with van der Waals surface area (Å²) >= 11 is 0. The summed E-state index contributed by atoms with van der Waals surface area (Å²) in [5, 5.41) is 9.84. The molecule has 1 aromatic carbocycles. The van der Waals surface area contributed by atoms with Gasteiger partial charge in [-0.15, -0.1) is 0 Å². The van der Waals surface area contributed by atoms with Crippen molar-refractivity contribution in [2.75, 3.05) is 0 Å². The van der Waals surface area contributed by atoms with Gasteiger partial charge in [0.2, 0.25) is 0 Å². The van der Waals surface area contributed by atoms with Gasteiger partial charge in [0.05, 0.1) is 17.2 Å². The van der Waals surface area contributed by atoms with Crippen molar-refractivity contribution in [3.63, 3.8) is 0 Å². The summed E-state index contributed by atoms with van der Waals surface area (Å²) in [6.45, 7) is 6.78. The van der Waals surface area contributed by atoms with Crippen molar-refractivity contribution < 1.29 is 0 Å². The van der Waals surface area contributed by atoms with Gasteiger partial charge in [0.15, 0.2) is 0 Å². The number of nitrogens with zero attached hydrogens (tertiary/aromatic N) is 2. The maximum Gasteiger partial charge on any atom is 0.0702 e. The van der Waals surface area contributed by atoms with Crippen LogP contribution in [-0.4, -0.2) is 4.98 Å². The lowest BCUT2D eigenvalue weighted by atomic mass is 9.66. The Morgan fingerprint density at radius 1 is 1.03 bits per heavy atom. The monoisotopic (exact) mass is 416 g/mol. The van der Waals surface area contributed by atoms with E-state index in [0.29, 0.717) is 11.8 Å². The number of benzene rings is 1. The molecule has 1 aromatic heterocycles. The summed E-state index contributed by atoms with van der Waals surface area (Å²) in [7, 11) is 0. The average molecular weight is 417 g/mol. The van der Waals surface area contributed by atoms with Crippen LogP contribution in [0, 0.1) is 22.7 Å². The molecule has 31 heavy (non-hydrogen) atoms. The number of nitriles is 1. The summed E-state index contributed by atoms with van der Waals surface area (Å²) in [5.74, 6) is 1.23. The Bertz CT molecular complexity index is 821. The van der Waals surface area contributed by atoms with Crippen LogP contribution in [0.2, 0.25) is 0 Å². The Morgan fingerprint density at radius 3 is 2.35 bits per heavy atom. The molecule has 0 saturated heterocycles. The molecule has 0 amide bonds. The minimum Gasteiger partial charge on any atom is -0.256 e. The number of aromatic nitrogens is 1. The number of hydrogen-bond acceptors (Lipinski definition) is 2. The largest absolute Gasteiger partial charge is 0.256 e. The molecule has 1 aliphatic carbocycles. The van der Waals surface area contributed by atoms with E-state index in [-0.39, 0.29) is 5.41 Å². The molecular weight excluding hydrogens is 376 g/mol. The van der Waals surface area contributed by atoms with E-state index in [4.69, 9.17) is 4.98 Å². The highest BCUT2D eigenvalue weighted by Gasteiger charge is 2.36. The van der Waals surface area contributed by atoms with Crippen molar-refractivity contribution >= 4 is 0 Å². The molecule has 0 N–H and O–H groups in total. The van der Waals surface area contributed by atoms with Crippen LogP contribution < -0.4 is 0 Å². The van der Waals surface area contributed by atoms with Crippen LogP contribution in [0.15, 0.2) is 42.6 Å². The number of hydrogen-bond donors (Lipinski definition) is 0. The van der Waals surface area contributed by atoms with E-state index in [1.54, 1.807) is 0 Å². The molecule has 0 bridgehead atoms. The Hall–Kier alpha value is -2.14. The molecule has 1 atom stereocenters. The van der Waals surface area contributed by atoms with Crippen LogP contribution in [-0.2, 0) is 6.42 Å². The fourth-order valence-electron chi connectivity index (χ4n) is 5.10. The first kappa shape index (κ1) is 23.5. The number of rotatable bonds is 10. The third-order valence-electron chi connectivity index (χ3n) is 7.44. The Kier molecular flexibility index (Phi) is 8.70. The molecule has 1 fully saturated rings. The summed E-state index contributed by atoms with van der Waals surface area (Å²) in [4.78, 5) is 4.72. The van der Waals surface area contributed by atoms with Gasteiger partial charge in [0, 0.05) is 11.8 Å². The lowest BCUT2D eigenvalue weighted by Gasteiger charge is -2.36. The first-order valence-corrected chi connectivity index (χ1v) is 12.6. The minimum absolute atomic E-state index is 0.0892. The van der Waals surface area contributed by atoms with E-state index in [2.05, 4.69) is 69.4 Å². The smallest absolute Gasteiger partial charge is 0.0702 e. The van der Waals surface area contributed by atoms with Gasteiger partial charge in [-0.1, -0.05) is 76.8 Å². The molecule has 1 aliphatic rings. The molecule has 166 valence electrons. The highest BCUT2D eigenvalue weighted by Crippen LogP contribution is 2.46. The van der Waals surface area contributed by atoms with Crippen molar-refractivity contribution in [1.82, 2.24) is 4.98 Å². The van der Waals surface area contributed by atoms with Crippen molar-refractivity contribution in [2.45, 2.75) is 97.3 Å². The molecule has 2 nitrogen and oxygen atoms in total. The number of unbranched alkanes of at least 4 members (excludes halogenated alkanes) is 3. The van der Waals surface area contributed by atoms with Gasteiger partial charge >= 0.3 is 0 Å². The molecular formula is C29H40N2. The summed E-state index contributed by atoms with van der Waals surface area (Å²) in [6, 6.07) is 16.1. The lowest BCUT2D eigenvalue weighted by molar-refractivity contribution is 0.198. The molecule has 2 heteroatoms. The SMILES string of the molecule is CCCCCCc1ccc(-c2ccc(C3CCC(C#N)(C[C@@H](C)CC)CC3)cc2)nc1. The van der Waals surface area contributed by atoms with Gasteiger partial charge < -0.3 is 0 Å². The molecule has 0 unspecified atom stereocenters. The zero-order valence-corrected chi connectivity index (χ0v) is 19.9. The van der Waals surface area contributed by atoms with E-state index < -0.39 is 0 Å². The van der Waals surface area contributed by atoms with Gasteiger partial charge in [-0.25, -0.2) is 0 Å². The highest BCUT2D eigenvalue weighted by molar-refractivity contribution is 5.59. The number of aryl methyl sites for hydroxylation is 1. The third-order valence-corrected chi connectivity index (χ3v) is 7.44. The Labute approximate surface area is 190 Å². The van der Waals surface area contributed by atoms with Gasteiger partial charge in [0.1, 0.15) is 0 Å². The molecule has 2 aromatic rings. The van der Waals surface area contributed by atoms with Crippen LogP contribution in [0.3, 0.4) is 0 Å². The fraction of sp³-hybridized carbons (Fsp3) is 0.586. The van der Waals surface area contributed by atoms with Crippen LogP contribution in [0.4, 0.5) is 0 Å². The first-order valence-electron chi connectivity index (χ1n) is 12.6. The molecule has 0 aliphatic heterocycles. The zero-order valence-electron chi connectivity index (χ0n) is 19.9. The fourth-order valence-corrected chi connectivity index (χ4v) is 5.10. The quantitative estimate of drug-likeness (QED) is 0.364. The van der Waals surface area contributed by atoms with Gasteiger partial charge in [0.25, 0.3) is 0 Å². The summed E-state index contributed by atoms with van der Waals surface area (Å²) in [5.41, 5.74) is 4.93. The highest BCUT2D eigenvalue weighted by atomic mass is 14.7. The molecule has 0 spiro atoms. The van der Waals surface area contributed by atoms with E-state index >= 15 is 0 Å². The lowest BCUT2D eigenvalue weighted by Crippen LogP contribution is -2.27. The van der Waals surface area contributed by atoms with Crippen molar-refractivity contribution in [3.8, 4) is 17.3 Å². The van der Waals surface area contributed by atoms with E-state index in [9.17, 15) is 5.26 Å². The second-order valence-electron chi connectivity index (χ2n) is 9.87. The van der Waals surface area contributed by atoms with Crippen LogP contribution >= 0.6 is 0 Å². The summed E-state index contributed by atoms with van der Waals surface area (Å²) < 4.78 is 0. The molecule has 3 rings (SSSR count). The van der Waals surface area contributed by atoms with Crippen LogP contribution in [0.25, 0.3) is 11.3 Å². The number of pyridine rings is 1. The van der Waals surface area contributed by atoms with Crippen LogP contribution in [0.1, 0.15) is 102 Å². The molecule has 0 radical (unpaired) electrons. The second-order valence-corrected chi connectivity index (χ2v) is 9.87. The zero-order chi connectivity index (χ0) is 22.1. The van der Waals surface area contributed by atoms with Gasteiger partial charge in [-0.3, -0.25) is 4.98 Å². The van der Waals surface area contributed by atoms with E-state index in [1.165, 1.54) is 48.8 Å². The standard InChI is InChI=1S/C29H40N2/c1-4-6-7-8-9-24-10-15-28(31-21-24)27-13-11-25(12-14-27)26-16-18-29(22-30,19-17-26)20-23(3)5-2/h10-15,21,23,26H,4-9,16-20H2,1-3H3/t23-,26?,29?/m0/s1. The topological polar surface area (TPSA) is 36.7 Å². The maximum atomic E-state index is 9.84. The van der Waals surface area contributed by atoms with E-state index in [0.717, 1.165) is 44.2 Å². The second kappa shape index (κ2) is 11.5. The van der Waals surface area contributed by atoms with Crippen molar-refractivity contribution in [2.24, 2.45) is 11.3 Å². The molecule has 1 saturated carbocycles. The third kappa shape index (κ3) is 6.42. The predicted molar refractivity (Wildman–Crippen MR) is 131 cm³/mol. The Balaban J connectivity index is 1.56. The first-order chi connectivity index (χ1) is 15.1. The Morgan fingerprint density at radius 2 is 1.77 bits per heavy atom. The molecule has 1 heterocycles. The maximum absolute atomic E-state index is 9.84. The van der Waals surface area contributed by atoms with Crippen molar-refractivity contribution in [3.05, 3.63) is 53.7 Å². The summed E-state index contributed by atoms with van der Waals surface area (Å²) in [6.07, 6.45) is 15.0. The normalized spacial score (nSPS) is 22.1. The predicted octanol–water partition coefficient (Wildman–Crippen LogP) is 8.48. The van der Waals surface area contributed by atoms with Crippen LogP contribution in [0.5, 0.6) is 0 Å².